The summed E-state index contributed by atoms with van der Waals surface area (Å²) >= 11 is 0. The van der Waals surface area contributed by atoms with Crippen molar-refractivity contribution in [3.05, 3.63) is 28.3 Å². The van der Waals surface area contributed by atoms with Crippen molar-refractivity contribution in [3.8, 4) is 0 Å². The second kappa shape index (κ2) is 7.77. The molecule has 1 aliphatic rings. The molecule has 0 bridgehead atoms. The first kappa shape index (κ1) is 20.1. The maximum Gasteiger partial charge on any atom is 0.293 e. The summed E-state index contributed by atoms with van der Waals surface area (Å²) in [6, 6.07) is 3.87. The van der Waals surface area contributed by atoms with Crippen molar-refractivity contribution in [1.82, 2.24) is 4.90 Å². The van der Waals surface area contributed by atoms with Crippen molar-refractivity contribution in [1.29, 1.82) is 0 Å². The molecule has 1 aromatic rings. The Balaban J connectivity index is 0.00000288. The van der Waals surface area contributed by atoms with Crippen LogP contribution >= 0.6 is 12.4 Å². The normalized spacial score (nSPS) is 14.9. The average Bonchev–Trinajstić information content (AvgIpc) is 2.52. The van der Waals surface area contributed by atoms with Crippen LogP contribution in [-0.2, 0) is 14.6 Å². The van der Waals surface area contributed by atoms with Crippen LogP contribution in [0.2, 0.25) is 0 Å². The smallest absolute Gasteiger partial charge is 0.293 e. The number of halogens is 1. The summed E-state index contributed by atoms with van der Waals surface area (Å²) in [6.07, 6.45) is 1.00. The minimum absolute atomic E-state index is 0. The number of hydrogen-bond acceptors (Lipinski definition) is 7. The van der Waals surface area contributed by atoms with Crippen LogP contribution in [0.4, 0.5) is 11.4 Å². The lowest BCUT2D eigenvalue weighted by Crippen LogP contribution is -2.50. The quantitative estimate of drug-likeness (QED) is 0.578. The monoisotopic (exact) mass is 378 g/mol. The topological polar surface area (TPSA) is 127 Å². The highest BCUT2D eigenvalue weighted by atomic mass is 35.5. The third-order valence-corrected chi connectivity index (χ3v) is 4.83. The zero-order chi connectivity index (χ0) is 17.2. The SMILES string of the molecule is CS(=O)(=O)c1ccc(N2CCN(C(=O)CN)CC2)c([N+](=O)[O-])c1.Cl. The van der Waals surface area contributed by atoms with Crippen LogP contribution in [0.5, 0.6) is 0 Å². The highest BCUT2D eigenvalue weighted by Crippen LogP contribution is 2.31. The van der Waals surface area contributed by atoms with Gasteiger partial charge in [-0.25, -0.2) is 8.42 Å². The van der Waals surface area contributed by atoms with Crippen molar-refractivity contribution in [2.75, 3.05) is 43.9 Å². The third-order valence-electron chi connectivity index (χ3n) is 3.72. The summed E-state index contributed by atoms with van der Waals surface area (Å²) in [7, 11) is -3.52. The van der Waals surface area contributed by atoms with Gasteiger partial charge in [0.2, 0.25) is 5.91 Å². The van der Waals surface area contributed by atoms with Gasteiger partial charge in [0, 0.05) is 38.5 Å². The van der Waals surface area contributed by atoms with E-state index in [-0.39, 0.29) is 35.4 Å². The number of nitrogens with zero attached hydrogens (tertiary/aromatic N) is 3. The average molecular weight is 379 g/mol. The van der Waals surface area contributed by atoms with Crippen LogP contribution in [-0.4, -0.2) is 63.1 Å². The maximum atomic E-state index is 11.6. The number of rotatable bonds is 4. The van der Waals surface area contributed by atoms with Gasteiger partial charge >= 0.3 is 0 Å². The number of amides is 1. The Labute approximate surface area is 145 Å². The summed E-state index contributed by atoms with van der Waals surface area (Å²) in [4.78, 5) is 25.5. The second-order valence-electron chi connectivity index (χ2n) is 5.25. The van der Waals surface area contributed by atoms with E-state index in [1.807, 2.05) is 0 Å². The molecule has 24 heavy (non-hydrogen) atoms. The minimum atomic E-state index is -3.52. The summed E-state index contributed by atoms with van der Waals surface area (Å²) in [5, 5.41) is 11.3. The Morgan fingerprint density at radius 1 is 1.29 bits per heavy atom. The molecular weight excluding hydrogens is 360 g/mol. The first-order chi connectivity index (χ1) is 10.7. The van der Waals surface area contributed by atoms with Crippen LogP contribution in [0.25, 0.3) is 0 Å². The van der Waals surface area contributed by atoms with Gasteiger partial charge in [0.15, 0.2) is 9.84 Å². The van der Waals surface area contributed by atoms with Crippen molar-refractivity contribution >= 4 is 39.5 Å². The van der Waals surface area contributed by atoms with Gasteiger partial charge in [0.05, 0.1) is 16.4 Å². The maximum absolute atomic E-state index is 11.6. The van der Waals surface area contributed by atoms with E-state index in [9.17, 15) is 23.3 Å². The number of piperazine rings is 1. The molecule has 0 unspecified atom stereocenters. The van der Waals surface area contributed by atoms with Crippen LogP contribution in [0.3, 0.4) is 0 Å². The highest BCUT2D eigenvalue weighted by Gasteiger charge is 2.26. The van der Waals surface area contributed by atoms with E-state index >= 15 is 0 Å². The zero-order valence-electron chi connectivity index (χ0n) is 13.0. The summed E-state index contributed by atoms with van der Waals surface area (Å²) < 4.78 is 23.1. The molecule has 0 aromatic heterocycles. The Hall–Kier alpha value is -1.91. The molecule has 1 fully saturated rings. The van der Waals surface area contributed by atoms with Gasteiger partial charge in [-0.15, -0.1) is 12.4 Å². The van der Waals surface area contributed by atoms with Gasteiger partial charge in [0.25, 0.3) is 5.69 Å². The molecule has 1 heterocycles. The third kappa shape index (κ3) is 4.34. The molecule has 0 radical (unpaired) electrons. The van der Waals surface area contributed by atoms with Gasteiger partial charge in [-0.3, -0.25) is 14.9 Å². The number of sulfone groups is 1. The molecule has 0 spiro atoms. The van der Waals surface area contributed by atoms with Crippen LogP contribution in [0.15, 0.2) is 23.1 Å². The number of hydrogen-bond donors (Lipinski definition) is 1. The van der Waals surface area contributed by atoms with Crippen LogP contribution < -0.4 is 10.6 Å². The molecular formula is C13H19ClN4O5S. The first-order valence-electron chi connectivity index (χ1n) is 6.95. The number of nitrogens with two attached hydrogens (primary N) is 1. The Kier molecular flexibility index (Phi) is 6.52. The second-order valence-corrected chi connectivity index (χ2v) is 7.27. The molecule has 1 saturated heterocycles. The van der Waals surface area contributed by atoms with E-state index in [0.29, 0.717) is 31.9 Å². The van der Waals surface area contributed by atoms with Crippen molar-refractivity contribution in [2.24, 2.45) is 5.73 Å². The zero-order valence-corrected chi connectivity index (χ0v) is 14.7. The summed E-state index contributed by atoms with van der Waals surface area (Å²) in [6.45, 7) is 1.61. The van der Waals surface area contributed by atoms with E-state index in [2.05, 4.69) is 0 Å². The molecule has 1 aliphatic heterocycles. The number of nitro groups is 1. The molecule has 9 nitrogen and oxygen atoms in total. The lowest BCUT2D eigenvalue weighted by Gasteiger charge is -2.35. The number of carbonyl (C=O) groups is 1. The summed E-state index contributed by atoms with van der Waals surface area (Å²) in [5.74, 6) is -0.161. The molecule has 1 amide bonds. The van der Waals surface area contributed by atoms with Crippen molar-refractivity contribution in [2.45, 2.75) is 4.90 Å². The highest BCUT2D eigenvalue weighted by molar-refractivity contribution is 7.90. The van der Waals surface area contributed by atoms with E-state index < -0.39 is 14.8 Å². The van der Waals surface area contributed by atoms with Crippen molar-refractivity contribution < 1.29 is 18.1 Å². The fourth-order valence-electron chi connectivity index (χ4n) is 2.47. The van der Waals surface area contributed by atoms with Crippen LogP contribution in [0.1, 0.15) is 0 Å². The molecule has 0 atom stereocenters. The molecule has 0 saturated carbocycles. The van der Waals surface area contributed by atoms with Crippen molar-refractivity contribution in [3.63, 3.8) is 0 Å². The molecule has 0 aliphatic carbocycles. The number of carbonyl (C=O) groups excluding carboxylic acids is 1. The Bertz CT molecular complexity index is 732. The number of nitro benzene ring substituents is 1. The fourth-order valence-corrected chi connectivity index (χ4v) is 3.11. The van der Waals surface area contributed by atoms with E-state index in [4.69, 9.17) is 5.73 Å². The van der Waals surface area contributed by atoms with Gasteiger partial charge in [0.1, 0.15) is 5.69 Å². The molecule has 2 N–H and O–H groups in total. The van der Waals surface area contributed by atoms with E-state index in [1.54, 1.807) is 9.80 Å². The Morgan fingerprint density at radius 3 is 2.33 bits per heavy atom. The fraction of sp³-hybridized carbons (Fsp3) is 0.462. The lowest BCUT2D eigenvalue weighted by molar-refractivity contribution is -0.384. The molecule has 11 heteroatoms. The molecule has 2 rings (SSSR count). The lowest BCUT2D eigenvalue weighted by atomic mass is 10.2. The van der Waals surface area contributed by atoms with E-state index in [1.165, 1.54) is 12.1 Å². The first-order valence-corrected chi connectivity index (χ1v) is 8.84. The van der Waals surface area contributed by atoms with Gasteiger partial charge < -0.3 is 15.5 Å². The van der Waals surface area contributed by atoms with E-state index in [0.717, 1.165) is 12.3 Å². The van der Waals surface area contributed by atoms with Gasteiger partial charge in [-0.1, -0.05) is 0 Å². The minimum Gasteiger partial charge on any atom is -0.362 e. The standard InChI is InChI=1S/C13H18N4O5S.ClH/c1-23(21,22)10-2-3-11(12(8-10)17(19)20)15-4-6-16(7-5-15)13(18)9-14;/h2-3,8H,4-7,9,14H2,1H3;1H. The van der Waals surface area contributed by atoms with Crippen LogP contribution in [0, 0.1) is 10.1 Å². The predicted octanol–water partition coefficient (Wildman–Crippen LogP) is 0.0274. The molecule has 134 valence electrons. The number of benzene rings is 1. The van der Waals surface area contributed by atoms with Gasteiger partial charge in [-0.2, -0.15) is 0 Å². The molecule has 1 aromatic carbocycles. The number of anilines is 1. The predicted molar refractivity (Wildman–Crippen MR) is 91.3 cm³/mol. The summed E-state index contributed by atoms with van der Waals surface area (Å²) in [5.41, 5.74) is 5.41. The largest absolute Gasteiger partial charge is 0.362 e. The van der Waals surface area contributed by atoms with Gasteiger partial charge in [-0.05, 0) is 12.1 Å². The Morgan fingerprint density at radius 2 is 1.88 bits per heavy atom.